The van der Waals surface area contributed by atoms with Crippen molar-refractivity contribution in [3.05, 3.63) is 33.6 Å². The molecular formula is C17H25N5OS. The van der Waals surface area contributed by atoms with Gasteiger partial charge < -0.3 is 16.0 Å². The molecule has 0 aromatic carbocycles. The molecule has 1 amide bonds. The molecule has 24 heavy (non-hydrogen) atoms. The number of rotatable bonds is 9. The fourth-order valence-corrected chi connectivity index (χ4v) is 3.17. The molecular weight excluding hydrogens is 322 g/mol. The molecule has 0 aliphatic rings. The van der Waals surface area contributed by atoms with E-state index < -0.39 is 0 Å². The van der Waals surface area contributed by atoms with Gasteiger partial charge in [-0.1, -0.05) is 0 Å². The molecule has 2 aromatic heterocycles. The molecule has 0 radical (unpaired) electrons. The Kier molecular flexibility index (Phi) is 6.99. The third-order valence-electron chi connectivity index (χ3n) is 3.49. The number of aryl methyl sites for hydroxylation is 3. The van der Waals surface area contributed by atoms with Crippen LogP contribution < -0.4 is 16.0 Å². The van der Waals surface area contributed by atoms with E-state index in [-0.39, 0.29) is 5.91 Å². The average molecular weight is 347 g/mol. The van der Waals surface area contributed by atoms with E-state index >= 15 is 0 Å². The highest BCUT2D eigenvalue weighted by Gasteiger charge is 2.05. The van der Waals surface area contributed by atoms with Crippen LogP contribution in [0.5, 0.6) is 0 Å². The third kappa shape index (κ3) is 5.81. The molecule has 0 fully saturated rings. The number of nitrogens with zero attached hydrogens (tertiary/aromatic N) is 2. The van der Waals surface area contributed by atoms with E-state index in [1.807, 2.05) is 19.9 Å². The topological polar surface area (TPSA) is 78.9 Å². The Labute approximate surface area is 147 Å². The summed E-state index contributed by atoms with van der Waals surface area (Å²) in [5.74, 6) is 1.47. The van der Waals surface area contributed by atoms with Crippen molar-refractivity contribution < 1.29 is 4.79 Å². The molecule has 2 aromatic rings. The standard InChI is InChI=1S/C17H25N5OS/c1-4-18-17-21-13(3)11-15(22-17)19-8-9-20-16(23)6-5-14-12(2)7-10-24-14/h7,10-11H,4-6,8-9H2,1-3H3,(H,20,23)(H2,18,19,21,22). The highest BCUT2D eigenvalue weighted by Crippen LogP contribution is 2.17. The summed E-state index contributed by atoms with van der Waals surface area (Å²) in [4.78, 5) is 21.9. The van der Waals surface area contributed by atoms with Crippen molar-refractivity contribution in [2.24, 2.45) is 0 Å². The highest BCUT2D eigenvalue weighted by molar-refractivity contribution is 7.10. The zero-order valence-electron chi connectivity index (χ0n) is 14.5. The maximum atomic E-state index is 11.9. The van der Waals surface area contributed by atoms with Crippen LogP contribution in [0, 0.1) is 13.8 Å². The Bertz CT molecular complexity index is 671. The Morgan fingerprint density at radius 1 is 1.21 bits per heavy atom. The van der Waals surface area contributed by atoms with Gasteiger partial charge in [-0.15, -0.1) is 11.3 Å². The van der Waals surface area contributed by atoms with E-state index in [1.54, 1.807) is 11.3 Å². The number of carbonyl (C=O) groups excluding carboxylic acids is 1. The van der Waals surface area contributed by atoms with Gasteiger partial charge in [0.15, 0.2) is 0 Å². The van der Waals surface area contributed by atoms with Crippen molar-refractivity contribution in [3.8, 4) is 0 Å². The molecule has 0 spiro atoms. The zero-order chi connectivity index (χ0) is 17.4. The number of anilines is 2. The molecule has 2 rings (SSSR count). The van der Waals surface area contributed by atoms with Gasteiger partial charge in [0.05, 0.1) is 0 Å². The van der Waals surface area contributed by atoms with E-state index in [1.165, 1.54) is 10.4 Å². The number of hydrogen-bond acceptors (Lipinski definition) is 6. The number of carbonyl (C=O) groups is 1. The summed E-state index contributed by atoms with van der Waals surface area (Å²) in [5, 5.41) is 11.3. The number of amides is 1. The molecule has 0 unspecified atom stereocenters. The highest BCUT2D eigenvalue weighted by atomic mass is 32.1. The van der Waals surface area contributed by atoms with Gasteiger partial charge in [0.2, 0.25) is 11.9 Å². The number of hydrogen-bond donors (Lipinski definition) is 3. The molecule has 0 atom stereocenters. The quantitative estimate of drug-likeness (QED) is 0.608. The first-order valence-electron chi connectivity index (χ1n) is 8.21. The van der Waals surface area contributed by atoms with Crippen LogP contribution in [-0.4, -0.2) is 35.5 Å². The van der Waals surface area contributed by atoms with Gasteiger partial charge in [-0.3, -0.25) is 4.79 Å². The minimum Gasteiger partial charge on any atom is -0.368 e. The fraction of sp³-hybridized carbons (Fsp3) is 0.471. The zero-order valence-corrected chi connectivity index (χ0v) is 15.3. The first kappa shape index (κ1) is 18.2. The van der Waals surface area contributed by atoms with Gasteiger partial charge in [-0.2, -0.15) is 4.98 Å². The van der Waals surface area contributed by atoms with Crippen molar-refractivity contribution in [2.75, 3.05) is 30.3 Å². The summed E-state index contributed by atoms with van der Waals surface area (Å²) >= 11 is 1.71. The van der Waals surface area contributed by atoms with Crippen molar-refractivity contribution in [3.63, 3.8) is 0 Å². The Hall–Kier alpha value is -2.15. The van der Waals surface area contributed by atoms with Gasteiger partial charge >= 0.3 is 0 Å². The maximum Gasteiger partial charge on any atom is 0.224 e. The van der Waals surface area contributed by atoms with Crippen LogP contribution in [0.15, 0.2) is 17.5 Å². The normalized spacial score (nSPS) is 10.5. The lowest BCUT2D eigenvalue weighted by molar-refractivity contribution is -0.120. The van der Waals surface area contributed by atoms with Crippen molar-refractivity contribution >= 4 is 29.0 Å². The number of nitrogens with one attached hydrogen (secondary N) is 3. The lowest BCUT2D eigenvalue weighted by Crippen LogP contribution is -2.29. The van der Waals surface area contributed by atoms with Crippen molar-refractivity contribution in [1.82, 2.24) is 15.3 Å². The third-order valence-corrected chi connectivity index (χ3v) is 4.57. The molecule has 6 nitrogen and oxygen atoms in total. The van der Waals surface area contributed by atoms with Crippen molar-refractivity contribution in [1.29, 1.82) is 0 Å². The second-order valence-electron chi connectivity index (χ2n) is 5.55. The molecule has 0 saturated carbocycles. The monoisotopic (exact) mass is 347 g/mol. The lowest BCUT2D eigenvalue weighted by Gasteiger charge is -2.10. The summed E-state index contributed by atoms with van der Waals surface area (Å²) < 4.78 is 0. The Morgan fingerprint density at radius 2 is 2.04 bits per heavy atom. The molecule has 0 saturated heterocycles. The largest absolute Gasteiger partial charge is 0.368 e. The van der Waals surface area contributed by atoms with Crippen LogP contribution in [0.2, 0.25) is 0 Å². The van der Waals surface area contributed by atoms with Gasteiger partial charge in [-0.05, 0) is 44.2 Å². The van der Waals surface area contributed by atoms with Crippen molar-refractivity contribution in [2.45, 2.75) is 33.6 Å². The first-order valence-corrected chi connectivity index (χ1v) is 9.09. The Balaban J connectivity index is 1.69. The summed E-state index contributed by atoms with van der Waals surface area (Å²) in [6.07, 6.45) is 1.33. The average Bonchev–Trinajstić information content (AvgIpc) is 2.94. The first-order chi connectivity index (χ1) is 11.6. The van der Waals surface area contributed by atoms with Gasteiger partial charge in [0.1, 0.15) is 5.82 Å². The van der Waals surface area contributed by atoms with E-state index in [9.17, 15) is 4.79 Å². The van der Waals surface area contributed by atoms with Crippen LogP contribution in [0.1, 0.15) is 29.5 Å². The number of aromatic nitrogens is 2. The summed E-state index contributed by atoms with van der Waals surface area (Å²) in [5.41, 5.74) is 2.17. The van der Waals surface area contributed by atoms with Crippen LogP contribution >= 0.6 is 11.3 Å². The predicted octanol–water partition coefficient (Wildman–Crippen LogP) is 2.75. The minimum absolute atomic E-state index is 0.0804. The van der Waals surface area contributed by atoms with Gasteiger partial charge in [0, 0.05) is 42.7 Å². The van der Waals surface area contributed by atoms with E-state index in [0.717, 1.165) is 24.5 Å². The van der Waals surface area contributed by atoms with Crippen LogP contribution in [0.4, 0.5) is 11.8 Å². The predicted molar refractivity (Wildman–Crippen MR) is 99.8 cm³/mol. The summed E-state index contributed by atoms with van der Waals surface area (Å²) in [6, 6.07) is 3.98. The van der Waals surface area contributed by atoms with E-state index in [0.29, 0.717) is 25.5 Å². The molecule has 7 heteroatoms. The molecule has 0 bridgehead atoms. The van der Waals surface area contributed by atoms with Gasteiger partial charge in [-0.25, -0.2) is 4.98 Å². The summed E-state index contributed by atoms with van der Waals surface area (Å²) in [7, 11) is 0. The van der Waals surface area contributed by atoms with Crippen LogP contribution in [-0.2, 0) is 11.2 Å². The smallest absolute Gasteiger partial charge is 0.224 e. The maximum absolute atomic E-state index is 11.9. The van der Waals surface area contributed by atoms with Crippen LogP contribution in [0.3, 0.4) is 0 Å². The fourth-order valence-electron chi connectivity index (χ4n) is 2.26. The second-order valence-corrected chi connectivity index (χ2v) is 6.55. The second kappa shape index (κ2) is 9.22. The molecule has 3 N–H and O–H groups in total. The SMILES string of the molecule is CCNc1nc(C)cc(NCCNC(=O)CCc2sccc2C)n1. The van der Waals surface area contributed by atoms with Crippen LogP contribution in [0.25, 0.3) is 0 Å². The molecule has 0 aliphatic carbocycles. The minimum atomic E-state index is 0.0804. The molecule has 0 aliphatic heterocycles. The van der Waals surface area contributed by atoms with Gasteiger partial charge in [0.25, 0.3) is 0 Å². The number of thiophene rings is 1. The van der Waals surface area contributed by atoms with E-state index in [4.69, 9.17) is 0 Å². The van der Waals surface area contributed by atoms with E-state index in [2.05, 4.69) is 44.3 Å². The summed E-state index contributed by atoms with van der Waals surface area (Å²) in [6.45, 7) is 8.00. The lowest BCUT2D eigenvalue weighted by atomic mass is 10.2. The Morgan fingerprint density at radius 3 is 2.75 bits per heavy atom. The molecule has 2 heterocycles. The molecule has 130 valence electrons.